The molecule has 0 spiro atoms. The van der Waals surface area contributed by atoms with Crippen LogP contribution in [0.5, 0.6) is 0 Å². The van der Waals surface area contributed by atoms with E-state index in [9.17, 15) is 26.4 Å². The molecule has 140 valence electrons. The molecule has 6 nitrogen and oxygen atoms in total. The zero-order chi connectivity index (χ0) is 18.8. The Morgan fingerprint density at radius 2 is 2.08 bits per heavy atom. The quantitative estimate of drug-likeness (QED) is 0.779. The van der Waals surface area contributed by atoms with Crippen LogP contribution in [0.15, 0.2) is 18.2 Å². The highest BCUT2D eigenvalue weighted by atomic mass is 32.2. The van der Waals surface area contributed by atoms with Crippen molar-refractivity contribution in [1.29, 1.82) is 0 Å². The first-order valence-corrected chi connectivity index (χ1v) is 9.58. The van der Waals surface area contributed by atoms with E-state index in [2.05, 4.69) is 5.32 Å². The Bertz CT molecular complexity index is 750. The minimum absolute atomic E-state index is 0.00117. The van der Waals surface area contributed by atoms with Crippen LogP contribution >= 0.6 is 0 Å². The van der Waals surface area contributed by atoms with E-state index in [1.165, 1.54) is 6.07 Å². The Labute approximate surface area is 143 Å². The Balaban J connectivity index is 2.09. The van der Waals surface area contributed by atoms with Crippen molar-refractivity contribution >= 4 is 15.8 Å². The van der Waals surface area contributed by atoms with Gasteiger partial charge in [0.05, 0.1) is 17.0 Å². The van der Waals surface area contributed by atoms with E-state index in [0.29, 0.717) is 25.6 Å². The van der Waals surface area contributed by atoms with Crippen molar-refractivity contribution in [2.75, 3.05) is 25.2 Å². The molecule has 1 aliphatic rings. The van der Waals surface area contributed by atoms with Gasteiger partial charge in [-0.3, -0.25) is 10.2 Å². The minimum atomic E-state index is -4.64. The van der Waals surface area contributed by atoms with Gasteiger partial charge >= 0.3 is 12.1 Å². The Morgan fingerprint density at radius 1 is 1.40 bits per heavy atom. The van der Waals surface area contributed by atoms with Gasteiger partial charge in [0.25, 0.3) is 0 Å². The van der Waals surface area contributed by atoms with Gasteiger partial charge in [-0.1, -0.05) is 6.07 Å². The van der Waals surface area contributed by atoms with E-state index in [0.717, 1.165) is 12.3 Å². The fourth-order valence-corrected chi connectivity index (χ4v) is 3.30. The molecule has 0 amide bonds. The smallest absolute Gasteiger partial charge is 0.416 e. The summed E-state index contributed by atoms with van der Waals surface area (Å²) < 4.78 is 61.9. The van der Waals surface area contributed by atoms with Crippen LogP contribution in [0.2, 0.25) is 0 Å². The number of hydrogen-bond donors (Lipinski definition) is 2. The van der Waals surface area contributed by atoms with Gasteiger partial charge in [-0.15, -0.1) is 0 Å². The fourth-order valence-electron chi connectivity index (χ4n) is 2.76. The first-order valence-electron chi connectivity index (χ1n) is 7.52. The van der Waals surface area contributed by atoms with Crippen molar-refractivity contribution in [1.82, 2.24) is 10.2 Å². The number of rotatable bonds is 6. The summed E-state index contributed by atoms with van der Waals surface area (Å²) in [4.78, 5) is 12.7. The molecule has 25 heavy (non-hydrogen) atoms. The molecule has 0 radical (unpaired) electrons. The summed E-state index contributed by atoms with van der Waals surface area (Å²) in [5, 5.41) is 11.8. The number of aromatic carboxylic acids is 1. The molecule has 1 aromatic carbocycles. The summed E-state index contributed by atoms with van der Waals surface area (Å²) in [6, 6.07) is 2.88. The molecule has 0 unspecified atom stereocenters. The van der Waals surface area contributed by atoms with Crippen molar-refractivity contribution in [2.24, 2.45) is 0 Å². The van der Waals surface area contributed by atoms with E-state index < -0.39 is 33.1 Å². The van der Waals surface area contributed by atoms with Crippen molar-refractivity contribution in [3.63, 3.8) is 0 Å². The molecule has 0 saturated carbocycles. The lowest BCUT2D eigenvalue weighted by Gasteiger charge is -2.20. The number of carbonyl (C=O) groups is 1. The Hall–Kier alpha value is -1.65. The van der Waals surface area contributed by atoms with Gasteiger partial charge in [-0.25, -0.2) is 13.2 Å². The van der Waals surface area contributed by atoms with Crippen LogP contribution < -0.4 is 5.32 Å². The van der Waals surface area contributed by atoms with Gasteiger partial charge in [0.15, 0.2) is 9.84 Å². The highest BCUT2D eigenvalue weighted by Crippen LogP contribution is 2.33. The predicted octanol–water partition coefficient (Wildman–Crippen LogP) is 1.57. The summed E-state index contributed by atoms with van der Waals surface area (Å²) >= 11 is 0. The normalized spacial score (nSPS) is 19.3. The third kappa shape index (κ3) is 5.68. The second-order valence-corrected chi connectivity index (χ2v) is 8.31. The first kappa shape index (κ1) is 19.7. The molecular weight excluding hydrogens is 361 g/mol. The van der Waals surface area contributed by atoms with Gasteiger partial charge in [-0.2, -0.15) is 13.2 Å². The minimum Gasteiger partial charge on any atom is -0.478 e. The third-order valence-corrected chi connectivity index (χ3v) is 4.65. The highest BCUT2D eigenvalue weighted by molar-refractivity contribution is 7.90. The van der Waals surface area contributed by atoms with Crippen molar-refractivity contribution < 1.29 is 31.5 Å². The molecule has 2 rings (SSSR count). The number of nitrogens with zero attached hydrogens (tertiary/aromatic N) is 1. The molecule has 1 aliphatic heterocycles. The number of halogens is 3. The van der Waals surface area contributed by atoms with Crippen LogP contribution in [0, 0.1) is 0 Å². The number of nitrogens with one attached hydrogen (secondary N) is 1. The lowest BCUT2D eigenvalue weighted by Crippen LogP contribution is -2.35. The molecule has 1 saturated heterocycles. The second kappa shape index (κ2) is 7.30. The largest absolute Gasteiger partial charge is 0.478 e. The standard InChI is InChI=1S/C15H19F3N2O4S/c1-25(23,24)9-19-12-4-5-20(8-12)7-11-3-2-10(14(21)22)6-13(11)15(16,17)18/h2-3,6,12,19H,4-5,7-9H2,1H3,(H,21,22)/t12-/m1/s1. The van der Waals surface area contributed by atoms with E-state index in [1.807, 2.05) is 0 Å². The van der Waals surface area contributed by atoms with Crippen LogP contribution in [-0.4, -0.2) is 55.7 Å². The third-order valence-electron chi connectivity index (χ3n) is 3.96. The molecule has 0 aromatic heterocycles. The first-order chi connectivity index (χ1) is 11.5. The molecular formula is C15H19F3N2O4S. The maximum absolute atomic E-state index is 13.2. The SMILES string of the molecule is CS(=O)(=O)CN[C@@H]1CCN(Cc2ccc(C(=O)O)cc2C(F)(F)F)C1. The number of sulfone groups is 1. The lowest BCUT2D eigenvalue weighted by molar-refractivity contribution is -0.138. The number of hydrogen-bond acceptors (Lipinski definition) is 5. The summed E-state index contributed by atoms with van der Waals surface area (Å²) in [6.45, 7) is 0.971. The van der Waals surface area contributed by atoms with Crippen molar-refractivity contribution in [3.05, 3.63) is 34.9 Å². The van der Waals surface area contributed by atoms with E-state index in [1.54, 1.807) is 4.90 Å². The Morgan fingerprint density at radius 3 is 2.64 bits per heavy atom. The fraction of sp³-hybridized carbons (Fsp3) is 0.533. The van der Waals surface area contributed by atoms with E-state index >= 15 is 0 Å². The van der Waals surface area contributed by atoms with Crippen LogP contribution in [0.1, 0.15) is 27.9 Å². The molecule has 1 aromatic rings. The highest BCUT2D eigenvalue weighted by Gasteiger charge is 2.35. The second-order valence-electron chi connectivity index (χ2n) is 6.17. The molecule has 1 atom stereocenters. The molecule has 0 bridgehead atoms. The van der Waals surface area contributed by atoms with Gasteiger partial charge in [0, 0.05) is 31.9 Å². The summed E-state index contributed by atoms with van der Waals surface area (Å²) in [5.74, 6) is -1.59. The summed E-state index contributed by atoms with van der Waals surface area (Å²) in [7, 11) is -3.16. The molecule has 2 N–H and O–H groups in total. The lowest BCUT2D eigenvalue weighted by atomic mass is 10.0. The Kier molecular flexibility index (Phi) is 5.75. The monoisotopic (exact) mass is 380 g/mol. The number of likely N-dealkylation sites (tertiary alicyclic amines) is 1. The number of alkyl halides is 3. The summed E-state index contributed by atoms with van der Waals surface area (Å²) in [6.07, 6.45) is -2.91. The van der Waals surface area contributed by atoms with E-state index in [4.69, 9.17) is 5.11 Å². The van der Waals surface area contributed by atoms with Crippen LogP contribution in [0.3, 0.4) is 0 Å². The van der Waals surface area contributed by atoms with Crippen molar-refractivity contribution in [2.45, 2.75) is 25.2 Å². The average molecular weight is 380 g/mol. The zero-order valence-electron chi connectivity index (χ0n) is 13.5. The van der Waals surface area contributed by atoms with Crippen LogP contribution in [0.4, 0.5) is 13.2 Å². The van der Waals surface area contributed by atoms with Gasteiger partial charge < -0.3 is 5.11 Å². The average Bonchev–Trinajstić information content (AvgIpc) is 2.91. The maximum Gasteiger partial charge on any atom is 0.416 e. The van der Waals surface area contributed by atoms with Gasteiger partial charge in [0.2, 0.25) is 0 Å². The topological polar surface area (TPSA) is 86.7 Å². The summed E-state index contributed by atoms with van der Waals surface area (Å²) in [5.41, 5.74) is -1.37. The van der Waals surface area contributed by atoms with Gasteiger partial charge in [0.1, 0.15) is 0 Å². The van der Waals surface area contributed by atoms with Crippen LogP contribution in [-0.2, 0) is 22.6 Å². The zero-order valence-corrected chi connectivity index (χ0v) is 14.3. The van der Waals surface area contributed by atoms with E-state index in [-0.39, 0.29) is 24.0 Å². The maximum atomic E-state index is 13.2. The molecule has 1 heterocycles. The number of carboxylic acid groups (broad SMARTS) is 1. The molecule has 0 aliphatic carbocycles. The number of carboxylic acids is 1. The molecule has 1 fully saturated rings. The van der Waals surface area contributed by atoms with Crippen molar-refractivity contribution in [3.8, 4) is 0 Å². The predicted molar refractivity (Wildman–Crippen MR) is 84.9 cm³/mol. The van der Waals surface area contributed by atoms with Crippen LogP contribution in [0.25, 0.3) is 0 Å². The number of benzene rings is 1. The van der Waals surface area contributed by atoms with Gasteiger partial charge in [-0.05, 0) is 24.1 Å². The molecule has 10 heteroatoms.